The molecule has 2 aromatic rings. The summed E-state index contributed by atoms with van der Waals surface area (Å²) in [6.07, 6.45) is 3.42. The van der Waals surface area contributed by atoms with Crippen molar-refractivity contribution in [3.05, 3.63) is 28.8 Å². The number of nitrogens with one attached hydrogen (secondary N) is 1. The molecule has 2 rings (SSSR count). The lowest BCUT2D eigenvalue weighted by molar-refractivity contribution is 0.684. The number of pyridine rings is 1. The van der Waals surface area contributed by atoms with E-state index >= 15 is 0 Å². The third-order valence-corrected chi connectivity index (χ3v) is 3.98. The van der Waals surface area contributed by atoms with Crippen molar-refractivity contribution in [2.24, 2.45) is 0 Å². The molecule has 0 saturated heterocycles. The lowest BCUT2D eigenvalue weighted by atomic mass is 10.3. The van der Waals surface area contributed by atoms with Gasteiger partial charge in [0.05, 0.1) is 15.7 Å². The molecular weight excluding hydrogens is 224 g/mol. The van der Waals surface area contributed by atoms with Crippen LogP contribution in [0.1, 0.15) is 13.8 Å². The zero-order chi connectivity index (χ0) is 11.7. The van der Waals surface area contributed by atoms with Crippen LogP contribution in [0.3, 0.4) is 0 Å². The van der Waals surface area contributed by atoms with Crippen molar-refractivity contribution in [2.45, 2.75) is 25.3 Å². The van der Waals surface area contributed by atoms with Crippen molar-refractivity contribution in [1.82, 2.24) is 9.55 Å². The van der Waals surface area contributed by atoms with E-state index in [1.165, 1.54) is 0 Å². The van der Waals surface area contributed by atoms with Gasteiger partial charge >= 0.3 is 0 Å². The highest BCUT2D eigenvalue weighted by Gasteiger charge is 2.11. The number of hydrogen-bond acceptors (Lipinski definition) is 2. The summed E-state index contributed by atoms with van der Waals surface area (Å²) < 4.78 is 13.4. The van der Waals surface area contributed by atoms with Gasteiger partial charge in [0.25, 0.3) is 5.56 Å². The van der Waals surface area contributed by atoms with E-state index in [2.05, 4.69) is 4.98 Å². The van der Waals surface area contributed by atoms with E-state index < -0.39 is 10.8 Å². The molecule has 4 nitrogen and oxygen atoms in total. The Bertz CT molecular complexity index is 598. The normalized spacial score (nSPS) is 13.1. The van der Waals surface area contributed by atoms with Gasteiger partial charge < -0.3 is 9.55 Å². The summed E-state index contributed by atoms with van der Waals surface area (Å²) in [5.41, 5.74) is 0.487. The van der Waals surface area contributed by atoms with Crippen molar-refractivity contribution in [3.63, 3.8) is 0 Å². The Morgan fingerprint density at radius 1 is 1.44 bits per heavy atom. The van der Waals surface area contributed by atoms with E-state index in [1.54, 1.807) is 17.0 Å². The fourth-order valence-corrected chi connectivity index (χ4v) is 2.64. The van der Waals surface area contributed by atoms with Gasteiger partial charge in [-0.25, -0.2) is 0 Å². The van der Waals surface area contributed by atoms with Gasteiger partial charge in [0.1, 0.15) is 5.52 Å². The van der Waals surface area contributed by atoms with Gasteiger partial charge in [-0.05, 0) is 13.0 Å². The van der Waals surface area contributed by atoms with E-state index in [1.807, 2.05) is 19.9 Å². The molecule has 1 atom stereocenters. The number of H-pyrrole nitrogens is 1. The third kappa shape index (κ3) is 1.61. The predicted octanol–water partition coefficient (Wildman–Crippen LogP) is 1.48. The molecule has 0 saturated carbocycles. The van der Waals surface area contributed by atoms with Gasteiger partial charge in [0.2, 0.25) is 0 Å². The second-order valence-corrected chi connectivity index (χ2v) is 5.19. The van der Waals surface area contributed by atoms with Gasteiger partial charge in [0.15, 0.2) is 0 Å². The molecule has 1 N–H and O–H groups in total. The summed E-state index contributed by atoms with van der Waals surface area (Å²) >= 11 is 0. The molecule has 0 aromatic carbocycles. The number of aryl methyl sites for hydroxylation is 1. The van der Waals surface area contributed by atoms with E-state index in [0.29, 0.717) is 17.8 Å². The molecule has 16 heavy (non-hydrogen) atoms. The molecule has 0 aliphatic rings. The Kier molecular flexibility index (Phi) is 2.96. The number of hydrogen-bond donors (Lipinski definition) is 1. The molecule has 0 aliphatic heterocycles. The molecule has 86 valence electrons. The number of aromatic amines is 1. The van der Waals surface area contributed by atoms with Crippen molar-refractivity contribution < 1.29 is 4.21 Å². The third-order valence-electron chi connectivity index (χ3n) is 2.63. The lowest BCUT2D eigenvalue weighted by Crippen LogP contribution is -2.18. The summed E-state index contributed by atoms with van der Waals surface area (Å²) in [4.78, 5) is 15.6. The predicted molar refractivity (Wildman–Crippen MR) is 65.2 cm³/mol. The Morgan fingerprint density at radius 3 is 2.81 bits per heavy atom. The van der Waals surface area contributed by atoms with E-state index in [0.717, 1.165) is 10.3 Å². The largest absolute Gasteiger partial charge is 0.355 e. The number of rotatable bonds is 3. The van der Waals surface area contributed by atoms with Crippen molar-refractivity contribution >= 4 is 21.7 Å². The van der Waals surface area contributed by atoms with E-state index in [9.17, 15) is 9.00 Å². The molecule has 0 aliphatic carbocycles. The number of nitrogens with zero attached hydrogens (tertiary/aromatic N) is 1. The number of fused-ring (bicyclic) bond motifs is 1. The molecular formula is C11H14N2O2S. The van der Waals surface area contributed by atoms with Crippen LogP contribution in [0.25, 0.3) is 10.9 Å². The highest BCUT2D eigenvalue weighted by molar-refractivity contribution is 7.85. The van der Waals surface area contributed by atoms with Crippen molar-refractivity contribution in [1.29, 1.82) is 0 Å². The monoisotopic (exact) mass is 238 g/mol. The Balaban J connectivity index is 2.72. The van der Waals surface area contributed by atoms with Crippen LogP contribution in [0.4, 0.5) is 0 Å². The molecule has 0 fully saturated rings. The van der Waals surface area contributed by atoms with Gasteiger partial charge in [-0.3, -0.25) is 9.00 Å². The van der Waals surface area contributed by atoms with Gasteiger partial charge in [-0.2, -0.15) is 0 Å². The van der Waals surface area contributed by atoms with Crippen LogP contribution < -0.4 is 5.56 Å². The molecule has 2 heterocycles. The van der Waals surface area contributed by atoms with E-state index in [-0.39, 0.29) is 5.56 Å². The summed E-state index contributed by atoms with van der Waals surface area (Å²) in [6, 6.07) is 1.85. The second kappa shape index (κ2) is 4.25. The zero-order valence-electron chi connectivity index (χ0n) is 9.32. The summed E-state index contributed by atoms with van der Waals surface area (Å²) in [6.45, 7) is 4.42. The smallest absolute Gasteiger partial charge is 0.274 e. The number of aromatic nitrogens is 2. The Hall–Kier alpha value is -1.36. The minimum absolute atomic E-state index is 0.0562. The van der Waals surface area contributed by atoms with Crippen LogP contribution in [0, 0.1) is 0 Å². The maximum Gasteiger partial charge on any atom is 0.274 e. The first-order chi connectivity index (χ1) is 7.69. The summed E-state index contributed by atoms with van der Waals surface area (Å²) in [5.74, 6) is 0.559. The van der Waals surface area contributed by atoms with Crippen LogP contribution in [0.2, 0.25) is 0 Å². The topological polar surface area (TPSA) is 54.9 Å². The quantitative estimate of drug-likeness (QED) is 0.880. The maximum absolute atomic E-state index is 11.9. The molecule has 0 bridgehead atoms. The van der Waals surface area contributed by atoms with Gasteiger partial charge in [-0.15, -0.1) is 0 Å². The SMILES string of the molecule is CCn1ccc2c(S(=O)CC)c[nH]c2c1=O. The van der Waals surface area contributed by atoms with Crippen LogP contribution >= 0.6 is 0 Å². The standard InChI is InChI=1S/C11H14N2O2S/c1-3-13-6-5-8-9(16(15)4-2)7-12-10(8)11(13)14/h5-7,12H,3-4H2,1-2H3. The molecule has 0 radical (unpaired) electrons. The average molecular weight is 238 g/mol. The highest BCUT2D eigenvalue weighted by atomic mass is 32.2. The van der Waals surface area contributed by atoms with Crippen LogP contribution in [0.5, 0.6) is 0 Å². The average Bonchev–Trinajstić information content (AvgIpc) is 2.73. The lowest BCUT2D eigenvalue weighted by Gasteiger charge is -2.01. The fraction of sp³-hybridized carbons (Fsp3) is 0.364. The first kappa shape index (κ1) is 11.1. The first-order valence-corrected chi connectivity index (χ1v) is 6.59. The molecule has 2 aromatic heterocycles. The molecule has 1 unspecified atom stereocenters. The second-order valence-electron chi connectivity index (χ2n) is 3.48. The maximum atomic E-state index is 11.9. The van der Waals surface area contributed by atoms with Crippen LogP contribution in [-0.2, 0) is 17.3 Å². The molecule has 0 amide bonds. The van der Waals surface area contributed by atoms with Crippen LogP contribution in [0.15, 0.2) is 28.2 Å². The first-order valence-electron chi connectivity index (χ1n) is 5.28. The molecule has 5 heteroatoms. The fourth-order valence-electron chi connectivity index (χ4n) is 1.73. The summed E-state index contributed by atoms with van der Waals surface area (Å²) in [7, 11) is -1.03. The van der Waals surface area contributed by atoms with Crippen LogP contribution in [-0.4, -0.2) is 19.5 Å². The zero-order valence-corrected chi connectivity index (χ0v) is 10.1. The summed E-state index contributed by atoms with van der Waals surface area (Å²) in [5, 5.41) is 0.773. The van der Waals surface area contributed by atoms with Gasteiger partial charge in [0, 0.05) is 30.1 Å². The Labute approximate surface area is 95.7 Å². The Morgan fingerprint density at radius 2 is 2.19 bits per heavy atom. The van der Waals surface area contributed by atoms with Crippen molar-refractivity contribution in [3.8, 4) is 0 Å². The van der Waals surface area contributed by atoms with Gasteiger partial charge in [-0.1, -0.05) is 6.92 Å². The minimum Gasteiger partial charge on any atom is -0.355 e. The minimum atomic E-state index is -1.03. The molecule has 0 spiro atoms. The van der Waals surface area contributed by atoms with E-state index in [4.69, 9.17) is 0 Å². The highest BCUT2D eigenvalue weighted by Crippen LogP contribution is 2.18. The van der Waals surface area contributed by atoms with Crippen molar-refractivity contribution in [2.75, 3.05) is 5.75 Å².